The number of aromatic nitrogens is 2. The molecule has 0 unspecified atom stereocenters. The van der Waals surface area contributed by atoms with Crippen LogP contribution in [0.3, 0.4) is 0 Å². The Morgan fingerprint density at radius 3 is 2.94 bits per heavy atom. The predicted molar refractivity (Wildman–Crippen MR) is 63.0 cm³/mol. The summed E-state index contributed by atoms with van der Waals surface area (Å²) in [6.07, 6.45) is 3.09. The minimum Gasteiger partial charge on any atom is -0.308 e. The molecule has 0 bridgehead atoms. The lowest BCUT2D eigenvalue weighted by Gasteiger charge is -2.38. The molecule has 0 spiro atoms. The van der Waals surface area contributed by atoms with E-state index in [0.29, 0.717) is 24.6 Å². The minimum absolute atomic E-state index is 0.223. The van der Waals surface area contributed by atoms with Crippen LogP contribution in [0.25, 0.3) is 0 Å². The van der Waals surface area contributed by atoms with Crippen molar-refractivity contribution in [2.75, 3.05) is 5.32 Å². The molecule has 1 fully saturated rings. The van der Waals surface area contributed by atoms with Gasteiger partial charge in [-0.1, -0.05) is 6.92 Å². The van der Waals surface area contributed by atoms with Crippen LogP contribution in [0.4, 0.5) is 5.82 Å². The van der Waals surface area contributed by atoms with Gasteiger partial charge in [-0.25, -0.2) is 0 Å². The molecule has 2 rings (SSSR count). The van der Waals surface area contributed by atoms with E-state index in [1.54, 1.807) is 16.9 Å². The van der Waals surface area contributed by atoms with Gasteiger partial charge in [0.25, 0.3) is 0 Å². The van der Waals surface area contributed by atoms with Crippen molar-refractivity contribution in [2.24, 2.45) is 11.3 Å². The van der Waals surface area contributed by atoms with Crippen molar-refractivity contribution in [3.05, 3.63) is 12.3 Å². The number of nitrogens with zero attached hydrogens (tertiary/aromatic N) is 3. The summed E-state index contributed by atoms with van der Waals surface area (Å²) in [6, 6.07) is 3.88. The number of nitrogens with one attached hydrogen (secondary N) is 1. The van der Waals surface area contributed by atoms with Gasteiger partial charge in [-0.3, -0.25) is 9.48 Å². The monoisotopic (exact) mass is 232 g/mol. The third-order valence-corrected chi connectivity index (χ3v) is 3.25. The molecule has 5 heteroatoms. The quantitative estimate of drug-likeness (QED) is 0.863. The molecule has 0 atom stereocenters. The highest BCUT2D eigenvalue weighted by Gasteiger charge is 2.49. The molecule has 0 aliphatic heterocycles. The van der Waals surface area contributed by atoms with E-state index in [4.69, 9.17) is 5.26 Å². The molecule has 1 heterocycles. The first-order chi connectivity index (χ1) is 8.09. The van der Waals surface area contributed by atoms with Crippen molar-refractivity contribution in [1.82, 2.24) is 9.78 Å². The molecular formula is C12H16N4O. The Kier molecular flexibility index (Phi) is 2.88. The van der Waals surface area contributed by atoms with Gasteiger partial charge in [-0.2, -0.15) is 10.4 Å². The molecule has 17 heavy (non-hydrogen) atoms. The number of anilines is 1. The van der Waals surface area contributed by atoms with Crippen LogP contribution in [0.15, 0.2) is 12.3 Å². The lowest BCUT2D eigenvalue weighted by Crippen LogP contribution is -2.45. The van der Waals surface area contributed by atoms with E-state index >= 15 is 0 Å². The average Bonchev–Trinajstić information content (AvgIpc) is 2.72. The Hall–Kier alpha value is -1.83. The van der Waals surface area contributed by atoms with Crippen LogP contribution in [0, 0.1) is 22.7 Å². The van der Waals surface area contributed by atoms with Gasteiger partial charge >= 0.3 is 0 Å². The maximum absolute atomic E-state index is 12.0. The molecule has 1 N–H and O–H groups in total. The van der Waals surface area contributed by atoms with E-state index in [-0.39, 0.29) is 5.91 Å². The van der Waals surface area contributed by atoms with E-state index in [1.165, 1.54) is 0 Å². The molecule has 1 amide bonds. The van der Waals surface area contributed by atoms with Gasteiger partial charge in [-0.05, 0) is 25.7 Å². The van der Waals surface area contributed by atoms with E-state index in [9.17, 15) is 4.79 Å². The molecule has 1 saturated carbocycles. The second-order valence-electron chi connectivity index (χ2n) is 4.72. The second kappa shape index (κ2) is 4.21. The van der Waals surface area contributed by atoms with Gasteiger partial charge in [0.1, 0.15) is 5.41 Å². The van der Waals surface area contributed by atoms with E-state index in [0.717, 1.165) is 6.54 Å². The van der Waals surface area contributed by atoms with Crippen LogP contribution < -0.4 is 5.32 Å². The molecule has 5 nitrogen and oxygen atoms in total. The van der Waals surface area contributed by atoms with Crippen LogP contribution >= 0.6 is 0 Å². The lowest BCUT2D eigenvalue weighted by molar-refractivity contribution is -0.128. The van der Waals surface area contributed by atoms with E-state index in [1.807, 2.05) is 6.92 Å². The highest BCUT2D eigenvalue weighted by molar-refractivity contribution is 5.97. The normalized spacial score (nSPS) is 27.0. The topological polar surface area (TPSA) is 70.7 Å². The number of hydrogen-bond donors (Lipinski definition) is 1. The van der Waals surface area contributed by atoms with E-state index in [2.05, 4.69) is 23.4 Å². The van der Waals surface area contributed by atoms with Crippen molar-refractivity contribution in [3.63, 3.8) is 0 Å². The molecule has 0 radical (unpaired) electrons. The van der Waals surface area contributed by atoms with Crippen LogP contribution in [0.2, 0.25) is 0 Å². The number of carbonyl (C=O) groups is 1. The molecule has 90 valence electrons. The molecule has 0 aromatic carbocycles. The fourth-order valence-electron chi connectivity index (χ4n) is 2.30. The number of nitriles is 1. The van der Waals surface area contributed by atoms with Crippen molar-refractivity contribution < 1.29 is 4.79 Å². The van der Waals surface area contributed by atoms with Crippen LogP contribution in [-0.2, 0) is 11.3 Å². The second-order valence-corrected chi connectivity index (χ2v) is 4.72. The number of aryl methyl sites for hydroxylation is 1. The van der Waals surface area contributed by atoms with Gasteiger partial charge < -0.3 is 5.32 Å². The van der Waals surface area contributed by atoms with Gasteiger partial charge in [0.05, 0.1) is 6.07 Å². The standard InChI is InChI=1S/C12H16N4O/c1-3-16-5-4-10(15-16)14-11(17)12(8-13)6-9(2)7-12/h4-5,9H,3,6-7H2,1-2H3,(H,14,15,17). The Balaban J connectivity index is 2.04. The first-order valence-electron chi connectivity index (χ1n) is 5.86. The third-order valence-electron chi connectivity index (χ3n) is 3.25. The van der Waals surface area contributed by atoms with Crippen molar-refractivity contribution >= 4 is 11.7 Å². The van der Waals surface area contributed by atoms with Gasteiger partial charge in [0, 0.05) is 18.8 Å². The molecular weight excluding hydrogens is 216 g/mol. The molecule has 1 aliphatic rings. The molecule has 0 saturated heterocycles. The van der Waals surface area contributed by atoms with Gasteiger partial charge in [0.15, 0.2) is 5.82 Å². The summed E-state index contributed by atoms with van der Waals surface area (Å²) in [5, 5.41) is 16.0. The summed E-state index contributed by atoms with van der Waals surface area (Å²) in [7, 11) is 0. The zero-order chi connectivity index (χ0) is 12.5. The van der Waals surface area contributed by atoms with Crippen LogP contribution in [0.1, 0.15) is 26.7 Å². The predicted octanol–water partition coefficient (Wildman–Crippen LogP) is 1.78. The average molecular weight is 232 g/mol. The smallest absolute Gasteiger partial charge is 0.246 e. The maximum Gasteiger partial charge on any atom is 0.246 e. The Bertz CT molecular complexity index is 465. The maximum atomic E-state index is 12.0. The number of hydrogen-bond acceptors (Lipinski definition) is 3. The lowest BCUT2D eigenvalue weighted by atomic mass is 9.63. The number of carbonyl (C=O) groups excluding carboxylic acids is 1. The van der Waals surface area contributed by atoms with Crippen LogP contribution in [-0.4, -0.2) is 15.7 Å². The van der Waals surface area contributed by atoms with Gasteiger partial charge in [-0.15, -0.1) is 0 Å². The number of rotatable bonds is 3. The third kappa shape index (κ3) is 2.03. The SMILES string of the molecule is CCn1ccc(NC(=O)C2(C#N)CC(C)C2)n1. The Morgan fingerprint density at radius 1 is 1.76 bits per heavy atom. The largest absolute Gasteiger partial charge is 0.308 e. The summed E-state index contributed by atoms with van der Waals surface area (Å²) in [4.78, 5) is 12.0. The van der Waals surface area contributed by atoms with Crippen molar-refractivity contribution in [2.45, 2.75) is 33.2 Å². The van der Waals surface area contributed by atoms with Crippen molar-refractivity contribution in [3.8, 4) is 6.07 Å². The summed E-state index contributed by atoms with van der Waals surface area (Å²) in [5.74, 6) is 0.749. The minimum atomic E-state index is -0.838. The van der Waals surface area contributed by atoms with Crippen molar-refractivity contribution in [1.29, 1.82) is 5.26 Å². The fraction of sp³-hybridized carbons (Fsp3) is 0.583. The van der Waals surface area contributed by atoms with E-state index < -0.39 is 5.41 Å². The summed E-state index contributed by atoms with van der Waals surface area (Å²) in [6.45, 7) is 4.79. The molecule has 1 aromatic rings. The zero-order valence-corrected chi connectivity index (χ0v) is 10.1. The number of amides is 1. The molecule has 1 aromatic heterocycles. The highest BCUT2D eigenvalue weighted by atomic mass is 16.2. The first kappa shape index (κ1) is 11.6. The first-order valence-corrected chi connectivity index (χ1v) is 5.86. The zero-order valence-electron chi connectivity index (χ0n) is 10.1. The van der Waals surface area contributed by atoms with Gasteiger partial charge in [0.2, 0.25) is 5.91 Å². The fourth-order valence-corrected chi connectivity index (χ4v) is 2.30. The Labute approximate surface area is 100 Å². The summed E-state index contributed by atoms with van der Waals surface area (Å²) in [5.41, 5.74) is -0.838. The Morgan fingerprint density at radius 2 is 2.47 bits per heavy atom. The summed E-state index contributed by atoms with van der Waals surface area (Å²) >= 11 is 0. The highest BCUT2D eigenvalue weighted by Crippen LogP contribution is 2.45. The summed E-state index contributed by atoms with van der Waals surface area (Å²) < 4.78 is 1.73. The van der Waals surface area contributed by atoms with Crippen LogP contribution in [0.5, 0.6) is 0 Å². The molecule has 1 aliphatic carbocycles.